The summed E-state index contributed by atoms with van der Waals surface area (Å²) in [6.45, 7) is 5.76. The van der Waals surface area contributed by atoms with Crippen LogP contribution in [-0.2, 0) is 30.2 Å². The minimum atomic E-state index is -1.88. The van der Waals surface area contributed by atoms with Crippen LogP contribution in [0, 0.1) is 0 Å². The molecule has 0 aliphatic carbocycles. The van der Waals surface area contributed by atoms with Gasteiger partial charge in [0.05, 0.1) is 19.3 Å². The Kier molecular flexibility index (Phi) is 12.1. The van der Waals surface area contributed by atoms with Gasteiger partial charge in [0.25, 0.3) is 0 Å². The van der Waals surface area contributed by atoms with Crippen molar-refractivity contribution >= 4 is 16.9 Å². The number of aliphatic hydroxyl groups excluding tert-OH is 5. The number of carbonyl (C=O) groups excluding carboxylic acids is 1. The number of benzene rings is 2. The van der Waals surface area contributed by atoms with Crippen molar-refractivity contribution in [3.8, 4) is 34.3 Å². The third-order valence-electron chi connectivity index (χ3n) is 8.92. The second kappa shape index (κ2) is 16.2. The standard InChI is InChI=1S/C36H44O16/c1-15(2)6-11-20-21(39)14-22(40)24-27(43)33(30(50-31(20)24)18-7-9-19(46-5)10-8-18)51-36-34(32(48-17(4)38)25(41)16(3)47-36)52-35-29(45)28(44)26(42)23(49-35)12-13-37/h6-10,14,16,23,25-26,28-29,32,34-37,39-42,44-45H,11-13H2,1-5H3/t16-,23+,25-,26+,28-,29+,32+,34+,35-,36-/m0/s1. The van der Waals surface area contributed by atoms with E-state index in [1.165, 1.54) is 14.0 Å². The minimum absolute atomic E-state index is 0.127. The topological polar surface area (TPSA) is 244 Å². The van der Waals surface area contributed by atoms with Crippen molar-refractivity contribution in [3.63, 3.8) is 0 Å². The summed E-state index contributed by atoms with van der Waals surface area (Å²) in [5, 5.41) is 73.9. The van der Waals surface area contributed by atoms with Gasteiger partial charge in [-0.3, -0.25) is 9.59 Å². The first-order chi connectivity index (χ1) is 24.7. The first kappa shape index (κ1) is 39.0. The molecule has 2 aromatic carbocycles. The van der Waals surface area contributed by atoms with E-state index < -0.39 is 90.9 Å². The molecule has 10 atom stereocenters. The average Bonchev–Trinajstić information content (AvgIpc) is 3.09. The van der Waals surface area contributed by atoms with Crippen LogP contribution in [0.15, 0.2) is 51.2 Å². The van der Waals surface area contributed by atoms with Gasteiger partial charge in [-0.05, 0) is 57.9 Å². The van der Waals surface area contributed by atoms with Gasteiger partial charge >= 0.3 is 5.97 Å². The second-order valence-corrected chi connectivity index (χ2v) is 12.9. The fourth-order valence-corrected chi connectivity index (χ4v) is 6.13. The number of methoxy groups -OCH3 is 1. The Morgan fingerprint density at radius 2 is 1.60 bits per heavy atom. The number of hydrogen-bond donors (Lipinski definition) is 7. The van der Waals surface area contributed by atoms with Crippen molar-refractivity contribution in [2.45, 2.75) is 102 Å². The Morgan fingerprint density at radius 3 is 2.21 bits per heavy atom. The van der Waals surface area contributed by atoms with Crippen LogP contribution in [-0.4, -0.2) is 117 Å². The van der Waals surface area contributed by atoms with Gasteiger partial charge in [0, 0.05) is 30.7 Å². The van der Waals surface area contributed by atoms with Crippen LogP contribution < -0.4 is 14.9 Å². The predicted molar refractivity (Wildman–Crippen MR) is 181 cm³/mol. The molecule has 7 N–H and O–H groups in total. The Morgan fingerprint density at radius 1 is 0.904 bits per heavy atom. The molecule has 0 unspecified atom stereocenters. The van der Waals surface area contributed by atoms with E-state index in [1.54, 1.807) is 30.3 Å². The number of fused-ring (bicyclic) bond motifs is 1. The Balaban J connectivity index is 1.68. The number of esters is 1. The number of carbonyl (C=O) groups is 1. The van der Waals surface area contributed by atoms with Crippen molar-refractivity contribution in [2.75, 3.05) is 13.7 Å². The highest BCUT2D eigenvalue weighted by molar-refractivity contribution is 5.91. The van der Waals surface area contributed by atoms with E-state index in [1.807, 2.05) is 13.8 Å². The molecule has 2 fully saturated rings. The fraction of sp³-hybridized carbons (Fsp3) is 0.500. The van der Waals surface area contributed by atoms with Crippen LogP contribution in [0.1, 0.15) is 39.7 Å². The summed E-state index contributed by atoms with van der Waals surface area (Å²) in [5.41, 5.74) is 0.380. The zero-order chi connectivity index (χ0) is 38.0. The lowest BCUT2D eigenvalue weighted by molar-refractivity contribution is -0.354. The number of phenolic OH excluding ortho intramolecular Hbond substituents is 2. The largest absolute Gasteiger partial charge is 0.507 e. The molecule has 2 aliphatic rings. The summed E-state index contributed by atoms with van der Waals surface area (Å²) < 4.78 is 40.9. The van der Waals surface area contributed by atoms with Crippen molar-refractivity contribution in [2.24, 2.45) is 0 Å². The first-order valence-corrected chi connectivity index (χ1v) is 16.6. The van der Waals surface area contributed by atoms with Gasteiger partial charge in [-0.1, -0.05) is 11.6 Å². The van der Waals surface area contributed by atoms with E-state index in [-0.39, 0.29) is 40.9 Å². The molecule has 0 saturated carbocycles. The Bertz CT molecular complexity index is 1820. The zero-order valence-electron chi connectivity index (χ0n) is 29.2. The van der Waals surface area contributed by atoms with E-state index in [0.717, 1.165) is 18.6 Å². The van der Waals surface area contributed by atoms with Crippen LogP contribution in [0.25, 0.3) is 22.3 Å². The van der Waals surface area contributed by atoms with Gasteiger partial charge in [0.1, 0.15) is 52.6 Å². The van der Waals surface area contributed by atoms with Crippen LogP contribution in [0.2, 0.25) is 0 Å². The van der Waals surface area contributed by atoms with Crippen molar-refractivity contribution in [1.82, 2.24) is 0 Å². The molecule has 2 saturated heterocycles. The lowest BCUT2D eigenvalue weighted by Crippen LogP contribution is -2.64. The highest BCUT2D eigenvalue weighted by Gasteiger charge is 2.52. The molecule has 3 heterocycles. The van der Waals surface area contributed by atoms with Crippen LogP contribution >= 0.6 is 0 Å². The number of aliphatic hydroxyl groups is 5. The molecule has 1 aromatic heterocycles. The third kappa shape index (κ3) is 7.89. The summed E-state index contributed by atoms with van der Waals surface area (Å²) in [7, 11) is 1.47. The number of phenols is 2. The fourth-order valence-electron chi connectivity index (χ4n) is 6.13. The van der Waals surface area contributed by atoms with Crippen LogP contribution in [0.3, 0.4) is 0 Å². The first-order valence-electron chi connectivity index (χ1n) is 16.6. The van der Waals surface area contributed by atoms with E-state index in [2.05, 4.69) is 0 Å². The molecule has 284 valence electrons. The number of rotatable bonds is 11. The molecule has 3 aromatic rings. The van der Waals surface area contributed by atoms with E-state index in [4.69, 9.17) is 32.8 Å². The van der Waals surface area contributed by atoms with Gasteiger partial charge in [-0.2, -0.15) is 0 Å². The number of aromatic hydroxyl groups is 2. The van der Waals surface area contributed by atoms with Gasteiger partial charge in [0.2, 0.25) is 17.5 Å². The van der Waals surface area contributed by atoms with Gasteiger partial charge in [-0.25, -0.2) is 0 Å². The summed E-state index contributed by atoms with van der Waals surface area (Å²) in [6, 6.07) is 7.33. The molecule has 52 heavy (non-hydrogen) atoms. The molecule has 0 radical (unpaired) electrons. The Labute approximate surface area is 298 Å². The SMILES string of the molecule is COc1ccc(-c2oc3c(CC=C(C)C)c(O)cc(O)c3c(=O)c2O[C@@H]2O[C@@H](C)[C@H](O)[C@@H](OC(C)=O)[C@H]2O[C@@H]2O[C@H](CCO)[C@@H](O)[C@H](O)[C@H]2O)cc1. The minimum Gasteiger partial charge on any atom is -0.507 e. The summed E-state index contributed by atoms with van der Waals surface area (Å²) >= 11 is 0. The van der Waals surface area contributed by atoms with Gasteiger partial charge < -0.3 is 68.6 Å². The van der Waals surface area contributed by atoms with E-state index in [9.17, 15) is 45.3 Å². The van der Waals surface area contributed by atoms with Crippen LogP contribution in [0.5, 0.6) is 23.0 Å². The monoisotopic (exact) mass is 732 g/mol. The van der Waals surface area contributed by atoms with Crippen molar-refractivity contribution in [3.05, 3.63) is 57.8 Å². The van der Waals surface area contributed by atoms with Crippen LogP contribution in [0.4, 0.5) is 0 Å². The number of ether oxygens (including phenoxy) is 6. The molecule has 16 heteroatoms. The molecule has 0 bridgehead atoms. The molecular formula is C36H44O16. The lowest BCUT2D eigenvalue weighted by Gasteiger charge is -2.46. The third-order valence-corrected chi connectivity index (χ3v) is 8.92. The van der Waals surface area contributed by atoms with Crippen molar-refractivity contribution < 1.29 is 73.4 Å². The number of allylic oxidation sites excluding steroid dienone is 2. The quantitative estimate of drug-likeness (QED) is 0.109. The molecule has 5 rings (SSSR count). The highest BCUT2D eigenvalue weighted by atomic mass is 16.8. The van der Waals surface area contributed by atoms with E-state index in [0.29, 0.717) is 11.3 Å². The summed E-state index contributed by atoms with van der Waals surface area (Å²) in [4.78, 5) is 26.7. The number of hydrogen-bond acceptors (Lipinski definition) is 16. The molecule has 0 amide bonds. The lowest BCUT2D eigenvalue weighted by atomic mass is 9.96. The highest BCUT2D eigenvalue weighted by Crippen LogP contribution is 2.41. The van der Waals surface area contributed by atoms with Gasteiger partial charge in [0.15, 0.2) is 24.3 Å². The average molecular weight is 733 g/mol. The normalized spacial score (nSPS) is 29.0. The maximum Gasteiger partial charge on any atom is 0.303 e. The summed E-state index contributed by atoms with van der Waals surface area (Å²) in [6.07, 6.45) is -14.1. The molecule has 0 spiro atoms. The molecular weight excluding hydrogens is 688 g/mol. The second-order valence-electron chi connectivity index (χ2n) is 12.9. The zero-order valence-corrected chi connectivity index (χ0v) is 29.2. The Hall–Kier alpha value is -4.26. The molecule has 2 aliphatic heterocycles. The van der Waals surface area contributed by atoms with Crippen molar-refractivity contribution in [1.29, 1.82) is 0 Å². The maximum atomic E-state index is 14.4. The smallest absolute Gasteiger partial charge is 0.303 e. The van der Waals surface area contributed by atoms with E-state index >= 15 is 0 Å². The molecule has 16 nitrogen and oxygen atoms in total. The van der Waals surface area contributed by atoms with Gasteiger partial charge in [-0.15, -0.1) is 0 Å². The summed E-state index contributed by atoms with van der Waals surface area (Å²) in [5.74, 6) is -2.01. The maximum absolute atomic E-state index is 14.4. The predicted octanol–water partition coefficient (Wildman–Crippen LogP) is 1.38.